The summed E-state index contributed by atoms with van der Waals surface area (Å²) in [5, 5.41) is 6.45. The molecule has 1 aliphatic rings. The molecule has 1 aliphatic heterocycles. The molecule has 0 amide bonds. The van der Waals surface area contributed by atoms with Gasteiger partial charge in [-0.1, -0.05) is 12.1 Å². The minimum atomic E-state index is -0.813. The first-order valence-electron chi connectivity index (χ1n) is 8.64. The molecule has 140 valence electrons. The van der Waals surface area contributed by atoms with Crippen LogP contribution < -0.4 is 10.6 Å². The zero-order valence-electron chi connectivity index (χ0n) is 15.2. The second kappa shape index (κ2) is 9.10. The van der Waals surface area contributed by atoms with Crippen LogP contribution in [0.1, 0.15) is 19.4 Å². The SMILES string of the molecule is CN=C(NCCc1cccc(F)c1F)NCC(C)(C)N1CCOCC1. The molecule has 0 saturated carbocycles. The summed E-state index contributed by atoms with van der Waals surface area (Å²) >= 11 is 0. The molecule has 0 spiro atoms. The molecule has 25 heavy (non-hydrogen) atoms. The number of hydrogen-bond acceptors (Lipinski definition) is 3. The molecule has 0 aromatic heterocycles. The molecule has 1 aromatic carbocycles. The standard InChI is InChI=1S/C18H28F2N4O/c1-18(2,24-9-11-25-12-10-24)13-23-17(21-3)22-8-7-14-5-4-6-15(19)16(14)20/h4-6H,7-13H2,1-3H3,(H2,21,22,23). The number of nitrogens with one attached hydrogen (secondary N) is 2. The van der Waals surface area contributed by atoms with E-state index in [1.807, 2.05) is 0 Å². The third-order valence-corrected chi connectivity index (χ3v) is 4.50. The molecule has 1 saturated heterocycles. The van der Waals surface area contributed by atoms with E-state index in [1.54, 1.807) is 13.1 Å². The molecule has 0 unspecified atom stereocenters. The smallest absolute Gasteiger partial charge is 0.191 e. The Kier molecular flexibility index (Phi) is 7.13. The van der Waals surface area contributed by atoms with Gasteiger partial charge in [-0.3, -0.25) is 9.89 Å². The summed E-state index contributed by atoms with van der Waals surface area (Å²) in [4.78, 5) is 6.58. The van der Waals surface area contributed by atoms with Crippen molar-refractivity contribution >= 4 is 5.96 Å². The quantitative estimate of drug-likeness (QED) is 0.604. The molecule has 1 aromatic rings. The highest BCUT2D eigenvalue weighted by molar-refractivity contribution is 5.79. The highest BCUT2D eigenvalue weighted by Crippen LogP contribution is 2.15. The van der Waals surface area contributed by atoms with Gasteiger partial charge >= 0.3 is 0 Å². The van der Waals surface area contributed by atoms with Crippen molar-refractivity contribution in [2.45, 2.75) is 25.8 Å². The monoisotopic (exact) mass is 354 g/mol. The fourth-order valence-electron chi connectivity index (χ4n) is 2.86. The maximum Gasteiger partial charge on any atom is 0.191 e. The number of halogens is 2. The molecule has 0 atom stereocenters. The third-order valence-electron chi connectivity index (χ3n) is 4.50. The van der Waals surface area contributed by atoms with Crippen LogP contribution in [0.2, 0.25) is 0 Å². The second-order valence-electron chi connectivity index (χ2n) is 6.73. The molecular formula is C18H28F2N4O. The Hall–Kier alpha value is -1.73. The molecule has 0 bridgehead atoms. The summed E-state index contributed by atoms with van der Waals surface area (Å²) in [6.07, 6.45) is 0.386. The Morgan fingerprint density at radius 3 is 2.64 bits per heavy atom. The van der Waals surface area contributed by atoms with Crippen molar-refractivity contribution in [1.29, 1.82) is 0 Å². The fraction of sp³-hybridized carbons (Fsp3) is 0.611. The van der Waals surface area contributed by atoms with Crippen LogP contribution in [0.15, 0.2) is 23.2 Å². The van der Waals surface area contributed by atoms with Gasteiger partial charge in [0, 0.05) is 38.8 Å². The minimum absolute atomic E-state index is 0.0317. The highest BCUT2D eigenvalue weighted by Gasteiger charge is 2.28. The predicted molar refractivity (Wildman–Crippen MR) is 95.9 cm³/mol. The van der Waals surface area contributed by atoms with E-state index in [-0.39, 0.29) is 5.54 Å². The van der Waals surface area contributed by atoms with E-state index in [2.05, 4.69) is 34.4 Å². The maximum atomic E-state index is 13.7. The first kappa shape index (κ1) is 19.6. The predicted octanol–water partition coefficient (Wildman–Crippen LogP) is 1.78. The molecule has 2 N–H and O–H groups in total. The lowest BCUT2D eigenvalue weighted by Crippen LogP contribution is -2.56. The molecule has 0 aliphatic carbocycles. The highest BCUT2D eigenvalue weighted by atomic mass is 19.2. The summed E-state index contributed by atoms with van der Waals surface area (Å²) < 4.78 is 32.3. The van der Waals surface area contributed by atoms with Crippen molar-refractivity contribution in [2.75, 3.05) is 46.4 Å². The normalized spacial score (nSPS) is 16.8. The first-order chi connectivity index (χ1) is 11.9. The second-order valence-corrected chi connectivity index (χ2v) is 6.73. The minimum Gasteiger partial charge on any atom is -0.379 e. The number of nitrogens with zero attached hydrogens (tertiary/aromatic N) is 2. The Morgan fingerprint density at radius 2 is 1.96 bits per heavy atom. The van der Waals surface area contributed by atoms with Gasteiger partial charge in [-0.2, -0.15) is 0 Å². The van der Waals surface area contributed by atoms with Crippen molar-refractivity contribution in [3.8, 4) is 0 Å². The van der Waals surface area contributed by atoms with E-state index < -0.39 is 11.6 Å². The van der Waals surface area contributed by atoms with E-state index in [4.69, 9.17) is 4.74 Å². The number of aliphatic imine (C=N–C) groups is 1. The number of morpholine rings is 1. The van der Waals surface area contributed by atoms with Gasteiger partial charge in [0.1, 0.15) is 0 Å². The van der Waals surface area contributed by atoms with E-state index in [1.165, 1.54) is 6.07 Å². The Balaban J connectivity index is 1.79. The van der Waals surface area contributed by atoms with Gasteiger partial charge in [0.2, 0.25) is 0 Å². The lowest BCUT2D eigenvalue weighted by atomic mass is 10.0. The molecule has 1 fully saturated rings. The van der Waals surface area contributed by atoms with Crippen LogP contribution in [0.4, 0.5) is 8.78 Å². The topological polar surface area (TPSA) is 48.9 Å². The number of guanidine groups is 1. The summed E-state index contributed by atoms with van der Waals surface area (Å²) in [6.45, 7) is 8.91. The lowest BCUT2D eigenvalue weighted by Gasteiger charge is -2.41. The van der Waals surface area contributed by atoms with Crippen LogP contribution in [0.25, 0.3) is 0 Å². The first-order valence-corrected chi connectivity index (χ1v) is 8.64. The Bertz CT molecular complexity index is 586. The average molecular weight is 354 g/mol. The Morgan fingerprint density at radius 1 is 1.24 bits per heavy atom. The summed E-state index contributed by atoms with van der Waals surface area (Å²) in [5.74, 6) is -0.939. The Labute approximate surface area is 148 Å². The molecular weight excluding hydrogens is 326 g/mol. The maximum absolute atomic E-state index is 13.7. The van der Waals surface area contributed by atoms with Crippen molar-refractivity contribution in [2.24, 2.45) is 4.99 Å². The molecule has 0 radical (unpaired) electrons. The van der Waals surface area contributed by atoms with Crippen LogP contribution in [0.3, 0.4) is 0 Å². The van der Waals surface area contributed by atoms with Crippen molar-refractivity contribution < 1.29 is 13.5 Å². The van der Waals surface area contributed by atoms with Crippen LogP contribution in [-0.2, 0) is 11.2 Å². The van der Waals surface area contributed by atoms with Crippen molar-refractivity contribution in [1.82, 2.24) is 15.5 Å². The zero-order valence-corrected chi connectivity index (χ0v) is 15.2. The number of ether oxygens (including phenoxy) is 1. The zero-order chi connectivity index (χ0) is 18.3. The van der Waals surface area contributed by atoms with Crippen LogP contribution in [0.5, 0.6) is 0 Å². The van der Waals surface area contributed by atoms with E-state index in [0.29, 0.717) is 24.5 Å². The number of rotatable bonds is 6. The van der Waals surface area contributed by atoms with E-state index in [0.717, 1.165) is 38.9 Å². The van der Waals surface area contributed by atoms with Crippen LogP contribution in [0, 0.1) is 11.6 Å². The average Bonchev–Trinajstić information content (AvgIpc) is 2.62. The summed E-state index contributed by atoms with van der Waals surface area (Å²) in [5.41, 5.74) is 0.326. The van der Waals surface area contributed by atoms with Crippen molar-refractivity contribution in [3.63, 3.8) is 0 Å². The number of hydrogen-bond donors (Lipinski definition) is 2. The lowest BCUT2D eigenvalue weighted by molar-refractivity contribution is -0.00833. The molecule has 7 heteroatoms. The third kappa shape index (κ3) is 5.64. The fourth-order valence-corrected chi connectivity index (χ4v) is 2.86. The number of benzene rings is 1. The van der Waals surface area contributed by atoms with E-state index >= 15 is 0 Å². The van der Waals surface area contributed by atoms with Crippen molar-refractivity contribution in [3.05, 3.63) is 35.4 Å². The summed E-state index contributed by atoms with van der Waals surface area (Å²) in [6, 6.07) is 4.24. The molecule has 1 heterocycles. The van der Waals surface area contributed by atoms with Gasteiger partial charge < -0.3 is 15.4 Å². The summed E-state index contributed by atoms with van der Waals surface area (Å²) in [7, 11) is 1.69. The van der Waals surface area contributed by atoms with Gasteiger partial charge in [-0.05, 0) is 31.9 Å². The van der Waals surface area contributed by atoms with Gasteiger partial charge in [0.05, 0.1) is 13.2 Å². The van der Waals surface area contributed by atoms with E-state index in [9.17, 15) is 8.78 Å². The van der Waals surface area contributed by atoms with Gasteiger partial charge in [-0.15, -0.1) is 0 Å². The van der Waals surface area contributed by atoms with Crippen LogP contribution in [-0.4, -0.2) is 62.8 Å². The van der Waals surface area contributed by atoms with Gasteiger partial charge in [0.25, 0.3) is 0 Å². The molecule has 5 nitrogen and oxygen atoms in total. The largest absolute Gasteiger partial charge is 0.379 e. The molecule has 2 rings (SSSR count). The van der Waals surface area contributed by atoms with Gasteiger partial charge in [-0.25, -0.2) is 8.78 Å². The van der Waals surface area contributed by atoms with Gasteiger partial charge in [0.15, 0.2) is 17.6 Å². The van der Waals surface area contributed by atoms with Crippen LogP contribution >= 0.6 is 0 Å².